The highest BCUT2D eigenvalue weighted by molar-refractivity contribution is 5.85. The summed E-state index contributed by atoms with van der Waals surface area (Å²) in [7, 11) is 0. The number of aliphatic hydroxyl groups is 1. The van der Waals surface area contributed by atoms with Gasteiger partial charge in [-0.1, -0.05) is 44.2 Å². The maximum atomic E-state index is 14.2. The Balaban J connectivity index is 0.00000456. The molecule has 1 aliphatic rings. The molecule has 0 spiro atoms. The van der Waals surface area contributed by atoms with E-state index in [0.29, 0.717) is 25.5 Å². The van der Waals surface area contributed by atoms with Crippen molar-refractivity contribution in [1.29, 1.82) is 0 Å². The van der Waals surface area contributed by atoms with Crippen molar-refractivity contribution in [3.05, 3.63) is 65.0 Å². The molecule has 0 heterocycles. The molecular weight excluding hydrogens is 481 g/mol. The minimum Gasteiger partial charge on any atom is -0.488 e. The summed E-state index contributed by atoms with van der Waals surface area (Å²) in [6, 6.07) is 13.2. The van der Waals surface area contributed by atoms with Gasteiger partial charge in [-0.15, -0.1) is 12.4 Å². The number of fused-ring (bicyclic) bond motifs is 1. The first-order valence-corrected chi connectivity index (χ1v) is 12.9. The number of nitrogens with one attached hydrogen (secondary N) is 1. The minimum absolute atomic E-state index is 0. The molecular formula is C29H41ClFNO4. The van der Waals surface area contributed by atoms with Crippen molar-refractivity contribution in [3.63, 3.8) is 0 Å². The molecule has 0 saturated carbocycles. The van der Waals surface area contributed by atoms with Crippen molar-refractivity contribution in [1.82, 2.24) is 5.32 Å². The molecule has 1 atom stereocenters. The second-order valence-electron chi connectivity index (χ2n) is 9.65. The molecule has 0 aromatic heterocycles. The molecule has 0 radical (unpaired) electrons. The van der Waals surface area contributed by atoms with Crippen LogP contribution in [0.5, 0.6) is 5.75 Å². The molecule has 5 nitrogen and oxygen atoms in total. The van der Waals surface area contributed by atoms with Gasteiger partial charge in [0.2, 0.25) is 0 Å². The fourth-order valence-corrected chi connectivity index (χ4v) is 5.08. The molecule has 1 aliphatic carbocycles. The Morgan fingerprint density at radius 2 is 1.81 bits per heavy atom. The number of rotatable bonds is 14. The number of carbonyl (C=O) groups excluding carboxylic acids is 1. The normalized spacial score (nSPS) is 14.1. The van der Waals surface area contributed by atoms with Gasteiger partial charge in [0, 0.05) is 18.5 Å². The summed E-state index contributed by atoms with van der Waals surface area (Å²) in [5.41, 5.74) is 3.65. The van der Waals surface area contributed by atoms with E-state index in [4.69, 9.17) is 9.47 Å². The van der Waals surface area contributed by atoms with Crippen LogP contribution in [0.3, 0.4) is 0 Å². The Hall–Kier alpha value is -2.15. The van der Waals surface area contributed by atoms with E-state index in [1.807, 2.05) is 0 Å². The Morgan fingerprint density at radius 1 is 1.14 bits per heavy atom. The Bertz CT molecular complexity index is 941. The standard InChI is InChI=1S/C29H40FNO4.ClH/c1-4-29(5-2,18-22-15-23-9-7-8-10-24(23)16-22)31-19-25(32)20-35-27-17-21(11-13-26(27)30)12-14-28(33)34-6-3;/h7-11,13,17,22,25,31-32H,4-6,12,14-16,18-20H2,1-3H3;1H/t25-;/m1./s1. The van der Waals surface area contributed by atoms with Crippen molar-refractivity contribution in [3.8, 4) is 5.75 Å². The predicted octanol–water partition coefficient (Wildman–Crippen LogP) is 5.44. The van der Waals surface area contributed by atoms with Crippen LogP contribution in [0, 0.1) is 11.7 Å². The van der Waals surface area contributed by atoms with Gasteiger partial charge in [0.05, 0.1) is 6.61 Å². The zero-order valence-corrected chi connectivity index (χ0v) is 22.5. The Kier molecular flexibility index (Phi) is 12.2. The number of halogens is 2. The molecule has 0 bridgehead atoms. The molecule has 7 heteroatoms. The monoisotopic (exact) mass is 521 g/mol. The molecule has 0 aliphatic heterocycles. The molecule has 0 fully saturated rings. The summed E-state index contributed by atoms with van der Waals surface area (Å²) >= 11 is 0. The number of benzene rings is 2. The number of ether oxygens (including phenoxy) is 2. The minimum atomic E-state index is -0.768. The van der Waals surface area contributed by atoms with Gasteiger partial charge in [0.1, 0.15) is 12.7 Å². The average Bonchev–Trinajstić information content (AvgIpc) is 3.27. The van der Waals surface area contributed by atoms with Crippen molar-refractivity contribution >= 4 is 18.4 Å². The van der Waals surface area contributed by atoms with E-state index in [2.05, 4.69) is 43.4 Å². The van der Waals surface area contributed by atoms with E-state index in [1.165, 1.54) is 17.2 Å². The van der Waals surface area contributed by atoms with E-state index < -0.39 is 11.9 Å². The van der Waals surface area contributed by atoms with Gasteiger partial charge < -0.3 is 19.9 Å². The van der Waals surface area contributed by atoms with Gasteiger partial charge in [-0.2, -0.15) is 0 Å². The van der Waals surface area contributed by atoms with Crippen LogP contribution in [-0.2, 0) is 28.8 Å². The second kappa shape index (κ2) is 14.6. The van der Waals surface area contributed by atoms with Crippen LogP contribution >= 0.6 is 12.4 Å². The van der Waals surface area contributed by atoms with Crippen LogP contribution in [0.25, 0.3) is 0 Å². The summed E-state index contributed by atoms with van der Waals surface area (Å²) in [6.07, 6.45) is 5.12. The smallest absolute Gasteiger partial charge is 0.306 e. The van der Waals surface area contributed by atoms with Crippen molar-refractivity contribution < 1.29 is 23.8 Å². The van der Waals surface area contributed by atoms with Crippen LogP contribution in [0.1, 0.15) is 63.1 Å². The van der Waals surface area contributed by atoms with Gasteiger partial charge in [-0.05, 0) is 80.2 Å². The van der Waals surface area contributed by atoms with Crippen molar-refractivity contribution in [2.75, 3.05) is 19.8 Å². The maximum Gasteiger partial charge on any atom is 0.306 e. The van der Waals surface area contributed by atoms with Gasteiger partial charge >= 0.3 is 5.97 Å². The number of hydrogen-bond acceptors (Lipinski definition) is 5. The summed E-state index contributed by atoms with van der Waals surface area (Å²) in [6.45, 7) is 6.86. The van der Waals surface area contributed by atoms with E-state index in [9.17, 15) is 14.3 Å². The molecule has 0 amide bonds. The maximum absolute atomic E-state index is 14.2. The molecule has 2 aromatic carbocycles. The third-order valence-electron chi connectivity index (χ3n) is 7.23. The van der Waals surface area contributed by atoms with Crippen LogP contribution < -0.4 is 10.1 Å². The summed E-state index contributed by atoms with van der Waals surface area (Å²) in [5, 5.41) is 14.2. The molecule has 36 heavy (non-hydrogen) atoms. The zero-order valence-electron chi connectivity index (χ0n) is 21.7. The van der Waals surface area contributed by atoms with Gasteiger partial charge in [0.25, 0.3) is 0 Å². The Morgan fingerprint density at radius 3 is 2.42 bits per heavy atom. The van der Waals surface area contributed by atoms with Gasteiger partial charge in [-0.25, -0.2) is 4.39 Å². The lowest BCUT2D eigenvalue weighted by Crippen LogP contribution is -2.49. The SMILES string of the molecule is CCOC(=O)CCc1ccc(F)c(OC[C@H](O)CNC(CC)(CC)CC2Cc3ccccc3C2)c1.Cl. The molecule has 0 unspecified atom stereocenters. The number of aliphatic hydroxyl groups excluding tert-OH is 1. The number of aryl methyl sites for hydroxylation is 1. The largest absolute Gasteiger partial charge is 0.488 e. The van der Waals surface area contributed by atoms with Gasteiger partial charge in [0.15, 0.2) is 11.6 Å². The van der Waals surface area contributed by atoms with E-state index in [0.717, 1.165) is 37.7 Å². The lowest BCUT2D eigenvalue weighted by atomic mass is 9.81. The quantitative estimate of drug-likeness (QED) is 0.324. The third-order valence-corrected chi connectivity index (χ3v) is 7.23. The molecule has 2 aromatic rings. The molecule has 200 valence electrons. The number of hydrogen-bond donors (Lipinski definition) is 2. The van der Waals surface area contributed by atoms with E-state index >= 15 is 0 Å². The van der Waals surface area contributed by atoms with E-state index in [1.54, 1.807) is 19.1 Å². The first kappa shape index (κ1) is 30.1. The molecule has 2 N–H and O–H groups in total. The van der Waals surface area contributed by atoms with Crippen molar-refractivity contribution in [2.45, 2.75) is 77.4 Å². The predicted molar refractivity (Wildman–Crippen MR) is 143 cm³/mol. The lowest BCUT2D eigenvalue weighted by Gasteiger charge is -2.36. The average molecular weight is 522 g/mol. The highest BCUT2D eigenvalue weighted by Crippen LogP contribution is 2.34. The van der Waals surface area contributed by atoms with Crippen LogP contribution in [-0.4, -0.2) is 42.5 Å². The van der Waals surface area contributed by atoms with Crippen LogP contribution in [0.15, 0.2) is 42.5 Å². The zero-order chi connectivity index (χ0) is 25.3. The topological polar surface area (TPSA) is 67.8 Å². The first-order valence-electron chi connectivity index (χ1n) is 12.9. The van der Waals surface area contributed by atoms with E-state index in [-0.39, 0.29) is 42.7 Å². The number of carbonyl (C=O) groups is 1. The Labute approximate surface area is 221 Å². The van der Waals surface area contributed by atoms with Gasteiger partial charge in [-0.3, -0.25) is 4.79 Å². The summed E-state index contributed by atoms with van der Waals surface area (Å²) < 4.78 is 24.8. The first-order chi connectivity index (χ1) is 16.9. The van der Waals surface area contributed by atoms with Crippen LogP contribution in [0.2, 0.25) is 0 Å². The fraction of sp³-hybridized carbons (Fsp3) is 0.552. The fourth-order valence-electron chi connectivity index (χ4n) is 5.08. The van der Waals surface area contributed by atoms with Crippen LogP contribution in [0.4, 0.5) is 4.39 Å². The number of esters is 1. The molecule has 3 rings (SSSR count). The highest BCUT2D eigenvalue weighted by Gasteiger charge is 2.32. The van der Waals surface area contributed by atoms with Crippen molar-refractivity contribution in [2.24, 2.45) is 5.92 Å². The highest BCUT2D eigenvalue weighted by atomic mass is 35.5. The third kappa shape index (κ3) is 8.46. The summed E-state index contributed by atoms with van der Waals surface area (Å²) in [5.74, 6) is -0.0778. The second-order valence-corrected chi connectivity index (χ2v) is 9.65. The molecule has 0 saturated heterocycles. The number of β-amino-alcohol motifs (C(OH)–C–C–N with tert-alkyl or cyclic N) is 1. The summed E-state index contributed by atoms with van der Waals surface area (Å²) in [4.78, 5) is 11.6. The lowest BCUT2D eigenvalue weighted by molar-refractivity contribution is -0.143.